The number of rotatable bonds is 3. The van der Waals surface area contributed by atoms with E-state index in [1.165, 1.54) is 11.1 Å². The summed E-state index contributed by atoms with van der Waals surface area (Å²) in [6.07, 6.45) is -3.29. The highest BCUT2D eigenvalue weighted by molar-refractivity contribution is 7.16. The van der Waals surface area contributed by atoms with Crippen molar-refractivity contribution in [3.63, 3.8) is 0 Å². The lowest BCUT2D eigenvalue weighted by molar-refractivity contribution is -0.137. The molecular formula is C18H12F4N6O2S. The topological polar surface area (TPSA) is 96.3 Å². The van der Waals surface area contributed by atoms with Crippen molar-refractivity contribution in [2.75, 3.05) is 14.1 Å². The maximum atomic E-state index is 14.4. The molecule has 0 spiro atoms. The number of hydrogen-bond donors (Lipinski definition) is 1. The number of aromatic amines is 1. The van der Waals surface area contributed by atoms with Gasteiger partial charge in [0.05, 0.1) is 16.8 Å². The number of benzene rings is 1. The highest BCUT2D eigenvalue weighted by Gasteiger charge is 2.31. The average Bonchev–Trinajstić information content (AvgIpc) is 3.33. The summed E-state index contributed by atoms with van der Waals surface area (Å²) in [5, 5.41) is 10.9. The van der Waals surface area contributed by atoms with Crippen LogP contribution in [0.4, 0.5) is 17.6 Å². The monoisotopic (exact) mass is 452 g/mol. The second-order valence-electron chi connectivity index (χ2n) is 6.63. The van der Waals surface area contributed by atoms with Crippen LogP contribution in [0.3, 0.4) is 0 Å². The van der Waals surface area contributed by atoms with Gasteiger partial charge >= 0.3 is 6.18 Å². The van der Waals surface area contributed by atoms with E-state index in [1.54, 1.807) is 14.1 Å². The Morgan fingerprint density at radius 3 is 2.55 bits per heavy atom. The zero-order valence-corrected chi connectivity index (χ0v) is 16.7. The number of carbonyl (C=O) groups is 1. The normalized spacial score (nSPS) is 11.8. The first-order chi connectivity index (χ1) is 14.6. The van der Waals surface area contributed by atoms with Gasteiger partial charge in [0.15, 0.2) is 10.7 Å². The zero-order valence-electron chi connectivity index (χ0n) is 15.9. The number of H-pyrrole nitrogens is 1. The van der Waals surface area contributed by atoms with Gasteiger partial charge in [0.1, 0.15) is 5.82 Å². The third-order valence-electron chi connectivity index (χ3n) is 4.31. The second kappa shape index (κ2) is 7.27. The molecule has 1 N–H and O–H groups in total. The fraction of sp³-hybridized carbons (Fsp3) is 0.167. The Balaban J connectivity index is 1.83. The number of aromatic nitrogens is 5. The molecule has 0 saturated carbocycles. The number of nitrogens with one attached hydrogen (secondary N) is 1. The van der Waals surface area contributed by atoms with Crippen LogP contribution in [0.1, 0.15) is 15.4 Å². The Morgan fingerprint density at radius 1 is 1.16 bits per heavy atom. The number of amides is 1. The Kier molecular flexibility index (Phi) is 4.84. The summed E-state index contributed by atoms with van der Waals surface area (Å²) in [6.45, 7) is 0. The van der Waals surface area contributed by atoms with E-state index in [0.29, 0.717) is 17.7 Å². The number of halogens is 4. The van der Waals surface area contributed by atoms with Crippen LogP contribution in [0, 0.1) is 5.82 Å². The SMILES string of the molecule is CN(C)C(=O)c1nnc(-c2c[nH]n3c(=O)cc(-c4ccc(C(F)(F)F)cc4F)nc23)s1. The summed E-state index contributed by atoms with van der Waals surface area (Å²) in [5.41, 5.74) is -1.80. The minimum absolute atomic E-state index is 0.0572. The van der Waals surface area contributed by atoms with Gasteiger partial charge in [-0.25, -0.2) is 13.9 Å². The zero-order chi connectivity index (χ0) is 22.5. The summed E-state index contributed by atoms with van der Waals surface area (Å²) >= 11 is 0.969. The Morgan fingerprint density at radius 2 is 1.90 bits per heavy atom. The minimum atomic E-state index is -4.70. The smallest absolute Gasteiger partial charge is 0.343 e. The quantitative estimate of drug-likeness (QED) is 0.482. The van der Waals surface area contributed by atoms with Crippen molar-refractivity contribution in [3.05, 3.63) is 57.2 Å². The van der Waals surface area contributed by atoms with E-state index in [1.807, 2.05) is 0 Å². The van der Waals surface area contributed by atoms with E-state index in [0.717, 1.165) is 28.0 Å². The van der Waals surface area contributed by atoms with Crippen molar-refractivity contribution in [1.29, 1.82) is 0 Å². The molecule has 0 saturated heterocycles. The van der Waals surface area contributed by atoms with E-state index in [4.69, 9.17) is 0 Å². The highest BCUT2D eigenvalue weighted by atomic mass is 32.1. The molecule has 8 nitrogen and oxygen atoms in total. The van der Waals surface area contributed by atoms with Crippen LogP contribution in [-0.2, 0) is 6.18 Å². The fourth-order valence-corrected chi connectivity index (χ4v) is 3.66. The molecule has 0 atom stereocenters. The highest BCUT2D eigenvalue weighted by Crippen LogP contribution is 2.33. The lowest BCUT2D eigenvalue weighted by Crippen LogP contribution is -2.21. The van der Waals surface area contributed by atoms with E-state index < -0.39 is 23.1 Å². The van der Waals surface area contributed by atoms with Gasteiger partial charge < -0.3 is 4.90 Å². The number of carbonyl (C=O) groups excluding carboxylic acids is 1. The Labute approximate surface area is 174 Å². The van der Waals surface area contributed by atoms with Crippen LogP contribution < -0.4 is 5.56 Å². The molecule has 0 aliphatic heterocycles. The lowest BCUT2D eigenvalue weighted by Gasteiger charge is -2.09. The molecule has 0 radical (unpaired) electrons. The van der Waals surface area contributed by atoms with Gasteiger partial charge in [-0.1, -0.05) is 11.3 Å². The predicted octanol–water partition coefficient (Wildman–Crippen LogP) is 3.07. The number of alkyl halides is 3. The number of fused-ring (bicyclic) bond motifs is 1. The van der Waals surface area contributed by atoms with E-state index >= 15 is 0 Å². The fourth-order valence-electron chi connectivity index (χ4n) is 2.79. The van der Waals surface area contributed by atoms with Gasteiger partial charge in [0.25, 0.3) is 11.5 Å². The van der Waals surface area contributed by atoms with Crippen LogP contribution in [0.15, 0.2) is 35.3 Å². The summed E-state index contributed by atoms with van der Waals surface area (Å²) < 4.78 is 53.9. The van der Waals surface area contributed by atoms with Crippen molar-refractivity contribution >= 4 is 22.9 Å². The first-order valence-electron chi connectivity index (χ1n) is 8.60. The summed E-state index contributed by atoms with van der Waals surface area (Å²) in [7, 11) is 3.11. The molecule has 0 unspecified atom stereocenters. The number of hydrogen-bond acceptors (Lipinski definition) is 6. The lowest BCUT2D eigenvalue weighted by atomic mass is 10.1. The molecule has 160 valence electrons. The van der Waals surface area contributed by atoms with Gasteiger partial charge in [0, 0.05) is 31.9 Å². The van der Waals surface area contributed by atoms with Crippen molar-refractivity contribution in [3.8, 4) is 21.8 Å². The first-order valence-corrected chi connectivity index (χ1v) is 9.41. The molecular weight excluding hydrogens is 440 g/mol. The van der Waals surface area contributed by atoms with E-state index in [-0.39, 0.29) is 32.8 Å². The molecule has 0 fully saturated rings. The van der Waals surface area contributed by atoms with Crippen LogP contribution in [-0.4, -0.2) is 49.7 Å². The van der Waals surface area contributed by atoms with Crippen LogP contribution in [0.5, 0.6) is 0 Å². The van der Waals surface area contributed by atoms with Gasteiger partial charge in [0.2, 0.25) is 5.01 Å². The minimum Gasteiger partial charge on any atom is -0.343 e. The maximum absolute atomic E-state index is 14.4. The van der Waals surface area contributed by atoms with Crippen molar-refractivity contribution in [1.82, 2.24) is 29.7 Å². The molecule has 0 bridgehead atoms. The van der Waals surface area contributed by atoms with Gasteiger partial charge in [-0.3, -0.25) is 14.7 Å². The van der Waals surface area contributed by atoms with Crippen molar-refractivity contribution in [2.45, 2.75) is 6.18 Å². The van der Waals surface area contributed by atoms with Gasteiger partial charge in [-0.15, -0.1) is 10.2 Å². The molecule has 0 aliphatic carbocycles. The maximum Gasteiger partial charge on any atom is 0.416 e. The van der Waals surface area contributed by atoms with Gasteiger partial charge in [-0.05, 0) is 18.2 Å². The summed E-state index contributed by atoms with van der Waals surface area (Å²) in [5.74, 6) is -1.53. The Hall–Kier alpha value is -3.61. The summed E-state index contributed by atoms with van der Waals surface area (Å²) in [4.78, 5) is 30.1. The molecule has 31 heavy (non-hydrogen) atoms. The molecule has 3 aromatic heterocycles. The number of nitrogens with zero attached hydrogens (tertiary/aromatic N) is 5. The molecule has 13 heteroatoms. The molecule has 1 aromatic carbocycles. The largest absolute Gasteiger partial charge is 0.416 e. The summed E-state index contributed by atoms with van der Waals surface area (Å²) in [6, 6.07) is 2.98. The van der Waals surface area contributed by atoms with Crippen molar-refractivity contribution in [2.24, 2.45) is 0 Å². The van der Waals surface area contributed by atoms with E-state index in [2.05, 4.69) is 20.3 Å². The average molecular weight is 452 g/mol. The molecule has 4 aromatic rings. The molecule has 0 aliphatic rings. The first kappa shape index (κ1) is 20.7. The van der Waals surface area contributed by atoms with E-state index in [9.17, 15) is 27.2 Å². The second-order valence-corrected chi connectivity index (χ2v) is 7.61. The van der Waals surface area contributed by atoms with Crippen molar-refractivity contribution < 1.29 is 22.4 Å². The third-order valence-corrected chi connectivity index (χ3v) is 5.26. The third kappa shape index (κ3) is 3.67. The Bertz CT molecular complexity index is 1370. The molecule has 4 rings (SSSR count). The van der Waals surface area contributed by atoms with Crippen LogP contribution >= 0.6 is 11.3 Å². The molecule has 3 heterocycles. The standard InChI is InChI=1S/C18H12F4N6O2S/c1-27(2)17(30)16-26-25-15(31-16)10-7-23-28-13(29)6-12(24-14(10)28)9-4-3-8(5-11(9)19)18(20,21)22/h3-7,23H,1-2H3. The van der Waals surface area contributed by atoms with Crippen LogP contribution in [0.2, 0.25) is 0 Å². The predicted molar refractivity (Wildman–Crippen MR) is 103 cm³/mol. The van der Waals surface area contributed by atoms with Gasteiger partial charge in [-0.2, -0.15) is 13.2 Å². The van der Waals surface area contributed by atoms with Crippen LogP contribution in [0.25, 0.3) is 27.5 Å². The molecule has 1 amide bonds.